The molecule has 0 saturated carbocycles. The molecule has 0 unspecified atom stereocenters. The maximum Gasteiger partial charge on any atom is 0.409 e. The third kappa shape index (κ3) is 3.63. The fraction of sp³-hybridized carbons (Fsp3) is 0.429. The molecule has 108 valence electrons. The number of ether oxygens (including phenoxy) is 1. The first-order valence-electron chi connectivity index (χ1n) is 6.49. The van der Waals surface area contributed by atoms with E-state index in [0.717, 1.165) is 12.8 Å². The second-order valence-electron chi connectivity index (χ2n) is 4.71. The Morgan fingerprint density at radius 1 is 1.25 bits per heavy atom. The van der Waals surface area contributed by atoms with Crippen LogP contribution >= 0.6 is 11.6 Å². The minimum Gasteiger partial charge on any atom is -0.453 e. The van der Waals surface area contributed by atoms with Gasteiger partial charge in [0.25, 0.3) is 5.91 Å². The van der Waals surface area contributed by atoms with Crippen LogP contribution < -0.4 is 5.32 Å². The lowest BCUT2D eigenvalue weighted by molar-refractivity contribution is 0.0892. The summed E-state index contributed by atoms with van der Waals surface area (Å²) in [4.78, 5) is 25.0. The normalized spacial score (nSPS) is 15.8. The van der Waals surface area contributed by atoms with Crippen molar-refractivity contribution in [2.45, 2.75) is 18.9 Å². The molecule has 1 fully saturated rings. The molecular formula is C14H17ClN2O3. The second-order valence-corrected chi connectivity index (χ2v) is 5.15. The van der Waals surface area contributed by atoms with E-state index in [0.29, 0.717) is 23.7 Å². The van der Waals surface area contributed by atoms with Crippen LogP contribution in [0.1, 0.15) is 23.2 Å². The van der Waals surface area contributed by atoms with E-state index in [-0.39, 0.29) is 18.0 Å². The number of rotatable bonds is 2. The van der Waals surface area contributed by atoms with Crippen molar-refractivity contribution in [3.05, 3.63) is 34.9 Å². The molecule has 5 nitrogen and oxygen atoms in total. The summed E-state index contributed by atoms with van der Waals surface area (Å²) in [6.07, 6.45) is 1.15. The Morgan fingerprint density at radius 2 is 1.85 bits per heavy atom. The first-order valence-corrected chi connectivity index (χ1v) is 6.87. The summed E-state index contributed by atoms with van der Waals surface area (Å²) >= 11 is 5.79. The smallest absolute Gasteiger partial charge is 0.409 e. The molecule has 0 spiro atoms. The Hall–Kier alpha value is -1.75. The summed E-state index contributed by atoms with van der Waals surface area (Å²) in [5.41, 5.74) is 0.588. The van der Waals surface area contributed by atoms with Crippen LogP contribution in [0.3, 0.4) is 0 Å². The highest BCUT2D eigenvalue weighted by molar-refractivity contribution is 6.30. The Bertz CT molecular complexity index is 482. The van der Waals surface area contributed by atoms with Crippen molar-refractivity contribution in [3.8, 4) is 0 Å². The summed E-state index contributed by atoms with van der Waals surface area (Å²) in [5.74, 6) is -0.113. The third-order valence-corrected chi connectivity index (χ3v) is 3.62. The highest BCUT2D eigenvalue weighted by Crippen LogP contribution is 2.13. The van der Waals surface area contributed by atoms with Crippen molar-refractivity contribution in [2.24, 2.45) is 0 Å². The van der Waals surface area contributed by atoms with Crippen LogP contribution in [-0.2, 0) is 4.74 Å². The summed E-state index contributed by atoms with van der Waals surface area (Å²) < 4.78 is 4.67. The van der Waals surface area contributed by atoms with Gasteiger partial charge in [0.2, 0.25) is 0 Å². The standard InChI is InChI=1S/C14H17ClN2O3/c1-20-14(19)17-8-6-12(7-9-17)16-13(18)10-2-4-11(15)5-3-10/h2-5,12H,6-9H2,1H3,(H,16,18). The van der Waals surface area contributed by atoms with Gasteiger partial charge in [-0.25, -0.2) is 4.79 Å². The molecule has 20 heavy (non-hydrogen) atoms. The molecule has 2 amide bonds. The van der Waals surface area contributed by atoms with Crippen molar-refractivity contribution in [2.75, 3.05) is 20.2 Å². The van der Waals surface area contributed by atoms with E-state index in [1.165, 1.54) is 7.11 Å². The molecule has 0 radical (unpaired) electrons. The van der Waals surface area contributed by atoms with Crippen molar-refractivity contribution >= 4 is 23.6 Å². The van der Waals surface area contributed by atoms with Gasteiger partial charge in [0.1, 0.15) is 0 Å². The number of benzene rings is 1. The molecule has 0 aliphatic carbocycles. The molecule has 0 atom stereocenters. The highest BCUT2D eigenvalue weighted by atomic mass is 35.5. The summed E-state index contributed by atoms with van der Waals surface area (Å²) in [5, 5.41) is 3.58. The Balaban J connectivity index is 1.85. The summed E-state index contributed by atoms with van der Waals surface area (Å²) in [6, 6.07) is 6.86. The Kier molecular flexibility index (Phi) is 4.84. The molecule has 6 heteroatoms. The number of methoxy groups -OCH3 is 1. The van der Waals surface area contributed by atoms with E-state index >= 15 is 0 Å². The minimum absolute atomic E-state index is 0.0825. The van der Waals surface area contributed by atoms with Crippen molar-refractivity contribution in [1.82, 2.24) is 10.2 Å². The predicted molar refractivity (Wildman–Crippen MR) is 75.9 cm³/mol. The van der Waals surface area contributed by atoms with E-state index in [4.69, 9.17) is 11.6 Å². The number of nitrogens with zero attached hydrogens (tertiary/aromatic N) is 1. The number of carbonyl (C=O) groups is 2. The molecule has 1 N–H and O–H groups in total. The van der Waals surface area contributed by atoms with E-state index in [9.17, 15) is 9.59 Å². The topological polar surface area (TPSA) is 58.6 Å². The zero-order valence-electron chi connectivity index (χ0n) is 11.3. The second kappa shape index (κ2) is 6.61. The van der Waals surface area contributed by atoms with Crippen molar-refractivity contribution in [3.63, 3.8) is 0 Å². The molecular weight excluding hydrogens is 280 g/mol. The van der Waals surface area contributed by atoms with Gasteiger partial charge in [-0.1, -0.05) is 11.6 Å². The number of carbonyl (C=O) groups excluding carboxylic acids is 2. The van der Waals surface area contributed by atoms with Gasteiger partial charge in [-0.15, -0.1) is 0 Å². The van der Waals surface area contributed by atoms with Crippen molar-refractivity contribution < 1.29 is 14.3 Å². The van der Waals surface area contributed by atoms with Gasteiger partial charge in [0.05, 0.1) is 7.11 Å². The molecule has 0 aromatic heterocycles. The average Bonchev–Trinajstić information content (AvgIpc) is 2.48. The predicted octanol–water partition coefficient (Wildman–Crippen LogP) is 2.30. The van der Waals surface area contributed by atoms with E-state index < -0.39 is 0 Å². The van der Waals surface area contributed by atoms with Gasteiger partial charge in [-0.3, -0.25) is 4.79 Å². The maximum absolute atomic E-state index is 12.0. The lowest BCUT2D eigenvalue weighted by atomic mass is 10.0. The van der Waals surface area contributed by atoms with Crippen LogP contribution in [0.25, 0.3) is 0 Å². The van der Waals surface area contributed by atoms with Gasteiger partial charge < -0.3 is 15.0 Å². The Morgan fingerprint density at radius 3 is 2.40 bits per heavy atom. The van der Waals surface area contributed by atoms with Crippen LogP contribution in [0.2, 0.25) is 5.02 Å². The van der Waals surface area contributed by atoms with Crippen LogP contribution in [0.4, 0.5) is 4.79 Å². The molecule has 0 bridgehead atoms. The van der Waals surface area contributed by atoms with Crippen molar-refractivity contribution in [1.29, 1.82) is 0 Å². The lowest BCUT2D eigenvalue weighted by Gasteiger charge is -2.31. The van der Waals surface area contributed by atoms with Crippen LogP contribution in [0.5, 0.6) is 0 Å². The number of halogens is 1. The fourth-order valence-electron chi connectivity index (χ4n) is 2.21. The molecule has 1 aromatic rings. The monoisotopic (exact) mass is 296 g/mol. The number of nitrogens with one attached hydrogen (secondary N) is 1. The van der Waals surface area contributed by atoms with Gasteiger partial charge >= 0.3 is 6.09 Å². The molecule has 2 rings (SSSR count). The number of piperidine rings is 1. The third-order valence-electron chi connectivity index (χ3n) is 3.37. The van der Waals surface area contributed by atoms with E-state index in [1.54, 1.807) is 29.2 Å². The fourth-order valence-corrected chi connectivity index (χ4v) is 2.33. The quantitative estimate of drug-likeness (QED) is 0.911. The molecule has 1 saturated heterocycles. The number of hydrogen-bond acceptors (Lipinski definition) is 3. The number of likely N-dealkylation sites (tertiary alicyclic amines) is 1. The summed E-state index contributed by atoms with van der Waals surface area (Å²) in [7, 11) is 1.37. The Labute approximate surface area is 122 Å². The summed E-state index contributed by atoms with van der Waals surface area (Å²) in [6.45, 7) is 1.19. The maximum atomic E-state index is 12.0. The van der Waals surface area contributed by atoms with Crippen LogP contribution in [-0.4, -0.2) is 43.1 Å². The van der Waals surface area contributed by atoms with Gasteiger partial charge in [-0.2, -0.15) is 0 Å². The van der Waals surface area contributed by atoms with Crippen LogP contribution in [0.15, 0.2) is 24.3 Å². The lowest BCUT2D eigenvalue weighted by Crippen LogP contribution is -2.46. The van der Waals surface area contributed by atoms with Gasteiger partial charge in [0, 0.05) is 29.7 Å². The SMILES string of the molecule is COC(=O)N1CCC(NC(=O)c2ccc(Cl)cc2)CC1. The van der Waals surface area contributed by atoms with Gasteiger partial charge in [0.15, 0.2) is 0 Å². The number of amides is 2. The first kappa shape index (κ1) is 14.7. The average molecular weight is 297 g/mol. The first-order chi connectivity index (χ1) is 9.60. The largest absolute Gasteiger partial charge is 0.453 e. The van der Waals surface area contributed by atoms with E-state index in [1.807, 2.05) is 0 Å². The minimum atomic E-state index is -0.313. The zero-order chi connectivity index (χ0) is 14.5. The highest BCUT2D eigenvalue weighted by Gasteiger charge is 2.24. The molecule has 1 aromatic carbocycles. The molecule has 1 aliphatic heterocycles. The molecule has 1 heterocycles. The van der Waals surface area contributed by atoms with E-state index in [2.05, 4.69) is 10.1 Å². The zero-order valence-corrected chi connectivity index (χ0v) is 12.0. The van der Waals surface area contributed by atoms with Gasteiger partial charge in [-0.05, 0) is 37.1 Å². The number of hydrogen-bond donors (Lipinski definition) is 1. The molecule has 1 aliphatic rings. The van der Waals surface area contributed by atoms with Crippen LogP contribution in [0, 0.1) is 0 Å².